The van der Waals surface area contributed by atoms with E-state index in [1.54, 1.807) is 18.2 Å². The van der Waals surface area contributed by atoms with Crippen molar-refractivity contribution in [3.63, 3.8) is 0 Å². The van der Waals surface area contributed by atoms with Crippen molar-refractivity contribution < 1.29 is 22.7 Å². The zero-order valence-electron chi connectivity index (χ0n) is 19.2. The normalized spacial score (nSPS) is 18.5. The summed E-state index contributed by atoms with van der Waals surface area (Å²) >= 11 is 0. The average Bonchev–Trinajstić information content (AvgIpc) is 3.08. The van der Waals surface area contributed by atoms with Crippen molar-refractivity contribution in [2.45, 2.75) is 44.0 Å². The minimum atomic E-state index is -3.67. The van der Waals surface area contributed by atoms with Crippen LogP contribution in [-0.2, 0) is 14.8 Å². The lowest BCUT2D eigenvalue weighted by Crippen LogP contribution is -2.44. The molecule has 1 fully saturated rings. The van der Waals surface area contributed by atoms with Crippen LogP contribution in [0.1, 0.15) is 44.7 Å². The van der Waals surface area contributed by atoms with Gasteiger partial charge in [0.25, 0.3) is 0 Å². The van der Waals surface area contributed by atoms with Crippen molar-refractivity contribution >= 4 is 15.9 Å². The van der Waals surface area contributed by atoms with Crippen molar-refractivity contribution in [2.24, 2.45) is 11.8 Å². The second-order valence-electron chi connectivity index (χ2n) is 8.98. The lowest BCUT2D eigenvalue weighted by molar-refractivity contribution is -0.127. The number of benzene rings is 2. The molecule has 0 aliphatic carbocycles. The van der Waals surface area contributed by atoms with Gasteiger partial charge in [0.15, 0.2) is 11.5 Å². The predicted octanol–water partition coefficient (Wildman–Crippen LogP) is 3.76. The van der Waals surface area contributed by atoms with Crippen molar-refractivity contribution in [1.82, 2.24) is 9.62 Å². The molecule has 1 saturated heterocycles. The van der Waals surface area contributed by atoms with Gasteiger partial charge in [0.2, 0.25) is 15.9 Å². The third-order valence-electron chi connectivity index (χ3n) is 6.30. The maximum Gasteiger partial charge on any atom is 0.243 e. The average molecular weight is 473 g/mol. The number of nitrogens with zero attached hydrogens (tertiary/aromatic N) is 1. The quantitative estimate of drug-likeness (QED) is 0.692. The van der Waals surface area contributed by atoms with E-state index in [4.69, 9.17) is 9.47 Å². The topological polar surface area (TPSA) is 84.9 Å². The van der Waals surface area contributed by atoms with Gasteiger partial charge in [-0.2, -0.15) is 4.31 Å². The molecule has 0 saturated carbocycles. The van der Waals surface area contributed by atoms with Gasteiger partial charge in [0, 0.05) is 31.5 Å². The lowest BCUT2D eigenvalue weighted by Gasteiger charge is -2.32. The Morgan fingerprint density at radius 1 is 1.00 bits per heavy atom. The highest BCUT2D eigenvalue weighted by Crippen LogP contribution is 2.34. The maximum atomic E-state index is 13.2. The number of ether oxygens (including phenoxy) is 2. The molecule has 33 heavy (non-hydrogen) atoms. The van der Waals surface area contributed by atoms with Crippen molar-refractivity contribution in [2.75, 3.05) is 26.3 Å². The molecule has 4 rings (SSSR count). The van der Waals surface area contributed by atoms with Crippen LogP contribution in [0, 0.1) is 11.8 Å². The second kappa shape index (κ2) is 10.1. The number of fused-ring (bicyclic) bond motifs is 1. The van der Waals surface area contributed by atoms with Gasteiger partial charge in [-0.25, -0.2) is 8.42 Å². The molecule has 7 nitrogen and oxygen atoms in total. The van der Waals surface area contributed by atoms with Crippen molar-refractivity contribution in [3.05, 3.63) is 54.1 Å². The molecule has 2 aliphatic rings. The number of carbonyl (C=O) groups excluding carboxylic acids is 1. The fraction of sp³-hybridized carbons (Fsp3) is 0.480. The smallest absolute Gasteiger partial charge is 0.243 e. The number of carbonyl (C=O) groups is 1. The molecular weight excluding hydrogens is 440 g/mol. The lowest BCUT2D eigenvalue weighted by atomic mass is 9.93. The molecule has 0 radical (unpaired) electrons. The van der Waals surface area contributed by atoms with E-state index in [9.17, 15) is 13.2 Å². The summed E-state index contributed by atoms with van der Waals surface area (Å²) in [5.41, 5.74) is 1.08. The molecule has 2 aromatic carbocycles. The molecular formula is C25H32N2O5S. The van der Waals surface area contributed by atoms with Gasteiger partial charge in [-0.1, -0.05) is 44.2 Å². The van der Waals surface area contributed by atoms with Gasteiger partial charge in [-0.05, 0) is 36.5 Å². The third kappa shape index (κ3) is 5.33. The molecule has 1 N–H and O–H groups in total. The van der Waals surface area contributed by atoms with Crippen molar-refractivity contribution in [3.8, 4) is 11.5 Å². The Labute approximate surface area is 196 Å². The molecule has 1 amide bonds. The van der Waals surface area contributed by atoms with Gasteiger partial charge in [0.1, 0.15) is 0 Å². The van der Waals surface area contributed by atoms with E-state index in [2.05, 4.69) is 19.2 Å². The summed E-state index contributed by atoms with van der Waals surface area (Å²) in [6, 6.07) is 14.6. The Morgan fingerprint density at radius 3 is 2.33 bits per heavy atom. The highest BCUT2D eigenvalue weighted by molar-refractivity contribution is 7.89. The second-order valence-corrected chi connectivity index (χ2v) is 10.9. The Hall–Kier alpha value is -2.58. The van der Waals surface area contributed by atoms with Crippen LogP contribution in [-0.4, -0.2) is 44.9 Å². The maximum absolute atomic E-state index is 13.2. The fourth-order valence-corrected chi connectivity index (χ4v) is 5.86. The summed E-state index contributed by atoms with van der Waals surface area (Å²) in [5, 5.41) is 3.19. The summed E-state index contributed by atoms with van der Waals surface area (Å²) in [6.45, 7) is 5.85. The van der Waals surface area contributed by atoms with Crippen molar-refractivity contribution in [1.29, 1.82) is 0 Å². The first kappa shape index (κ1) is 23.6. The SMILES string of the molecule is CC(C)[C@H](NC(=O)C1CCN(S(=O)(=O)c2ccc3c(c2)OCCCO3)CC1)c1ccccc1. The zero-order valence-corrected chi connectivity index (χ0v) is 20.0. The van der Waals surface area contributed by atoms with E-state index in [0.29, 0.717) is 50.6 Å². The number of hydrogen-bond donors (Lipinski definition) is 1. The van der Waals surface area contributed by atoms with Crippen LogP contribution in [0.2, 0.25) is 0 Å². The Bertz CT molecular complexity index is 1060. The standard InChI is InChI=1S/C25H32N2O5S/c1-18(2)24(19-7-4-3-5-8-19)26-25(28)20-11-13-27(14-12-20)33(29,30)21-9-10-22-23(17-21)32-16-6-15-31-22/h3-5,7-10,17-18,20,24H,6,11-16H2,1-2H3,(H,26,28)/t24-/m0/s1. The molecule has 2 heterocycles. The molecule has 178 valence electrons. The molecule has 8 heteroatoms. The van der Waals surface area contributed by atoms with E-state index in [1.807, 2.05) is 30.3 Å². The minimum Gasteiger partial charge on any atom is -0.490 e. The zero-order chi connectivity index (χ0) is 23.4. The highest BCUT2D eigenvalue weighted by atomic mass is 32.2. The summed E-state index contributed by atoms with van der Waals surface area (Å²) in [6.07, 6.45) is 1.75. The van der Waals surface area contributed by atoms with Gasteiger partial charge in [0.05, 0.1) is 24.2 Å². The van der Waals surface area contributed by atoms with E-state index >= 15 is 0 Å². The number of piperidine rings is 1. The van der Waals surface area contributed by atoms with E-state index in [-0.39, 0.29) is 28.7 Å². The first-order chi connectivity index (χ1) is 15.9. The minimum absolute atomic E-state index is 0.00909. The summed E-state index contributed by atoms with van der Waals surface area (Å²) < 4.78 is 39.2. The molecule has 0 bridgehead atoms. The van der Waals surface area contributed by atoms with E-state index in [1.165, 1.54) is 4.31 Å². The van der Waals surface area contributed by atoms with Crippen LogP contribution < -0.4 is 14.8 Å². The molecule has 1 atom stereocenters. The third-order valence-corrected chi connectivity index (χ3v) is 8.20. The van der Waals surface area contributed by atoms with Crippen LogP contribution >= 0.6 is 0 Å². The molecule has 0 spiro atoms. The van der Waals surface area contributed by atoms with E-state index in [0.717, 1.165) is 12.0 Å². The fourth-order valence-electron chi connectivity index (χ4n) is 4.38. The number of nitrogens with one attached hydrogen (secondary N) is 1. The van der Waals surface area contributed by atoms with Gasteiger partial charge < -0.3 is 14.8 Å². The first-order valence-electron chi connectivity index (χ1n) is 11.6. The molecule has 0 aromatic heterocycles. The van der Waals surface area contributed by atoms with Gasteiger partial charge in [-0.15, -0.1) is 0 Å². The van der Waals surface area contributed by atoms with Crippen LogP contribution in [0.15, 0.2) is 53.4 Å². The monoisotopic (exact) mass is 472 g/mol. The Morgan fingerprint density at radius 2 is 1.67 bits per heavy atom. The number of rotatable bonds is 6. The number of amides is 1. The molecule has 2 aliphatic heterocycles. The number of sulfonamides is 1. The summed E-state index contributed by atoms with van der Waals surface area (Å²) in [7, 11) is -3.67. The predicted molar refractivity (Wildman–Crippen MR) is 126 cm³/mol. The summed E-state index contributed by atoms with van der Waals surface area (Å²) in [4.78, 5) is 13.2. The van der Waals surface area contributed by atoms with E-state index < -0.39 is 10.0 Å². The largest absolute Gasteiger partial charge is 0.490 e. The van der Waals surface area contributed by atoms with Crippen LogP contribution in [0.25, 0.3) is 0 Å². The molecule has 0 unspecified atom stereocenters. The first-order valence-corrected chi connectivity index (χ1v) is 13.1. The highest BCUT2D eigenvalue weighted by Gasteiger charge is 2.33. The Kier molecular flexibility index (Phi) is 7.24. The van der Waals surface area contributed by atoms with Gasteiger partial charge in [-0.3, -0.25) is 4.79 Å². The van der Waals surface area contributed by atoms with Gasteiger partial charge >= 0.3 is 0 Å². The van der Waals surface area contributed by atoms with Crippen LogP contribution in [0.3, 0.4) is 0 Å². The summed E-state index contributed by atoms with van der Waals surface area (Å²) in [5.74, 6) is 1.06. The Balaban J connectivity index is 1.40. The molecule has 2 aromatic rings. The van der Waals surface area contributed by atoms with Crippen LogP contribution in [0.5, 0.6) is 11.5 Å². The van der Waals surface area contributed by atoms with Crippen LogP contribution in [0.4, 0.5) is 0 Å². The number of hydrogen-bond acceptors (Lipinski definition) is 5.